The van der Waals surface area contributed by atoms with E-state index in [1.807, 2.05) is 0 Å². The second-order valence-electron chi connectivity index (χ2n) is 9.89. The summed E-state index contributed by atoms with van der Waals surface area (Å²) < 4.78 is 0. The summed E-state index contributed by atoms with van der Waals surface area (Å²) in [6, 6.07) is 8.99. The fraction of sp³-hybridized carbons (Fsp3) is 0.448. The minimum absolute atomic E-state index is 0.107. The van der Waals surface area contributed by atoms with Gasteiger partial charge in [0.25, 0.3) is 0 Å². The maximum Gasteiger partial charge on any atom is 0.0715 e. The quantitative estimate of drug-likeness (QED) is 0.225. The van der Waals surface area contributed by atoms with Gasteiger partial charge < -0.3 is 5.84 Å². The maximum atomic E-state index is 9.73. The molecule has 1 heterocycles. The predicted molar refractivity (Wildman–Crippen MR) is 139 cm³/mol. The molecule has 1 aliphatic heterocycles. The summed E-state index contributed by atoms with van der Waals surface area (Å²) >= 11 is 0. The van der Waals surface area contributed by atoms with Crippen LogP contribution in [0.2, 0.25) is 0 Å². The molecule has 1 fully saturated rings. The number of benzene rings is 1. The molecule has 174 valence electrons. The zero-order chi connectivity index (χ0) is 24.0. The van der Waals surface area contributed by atoms with Gasteiger partial charge >= 0.3 is 0 Å². The van der Waals surface area contributed by atoms with E-state index in [-0.39, 0.29) is 11.8 Å². The van der Waals surface area contributed by atoms with Crippen molar-refractivity contribution in [2.24, 2.45) is 34.6 Å². The van der Waals surface area contributed by atoms with E-state index in [1.165, 1.54) is 16.7 Å². The number of hydrogen-bond donors (Lipinski definition) is 1. The highest BCUT2D eigenvalue weighted by Gasteiger charge is 2.27. The maximum absolute atomic E-state index is 9.73. The molecule has 4 heteroatoms. The molecule has 1 aromatic rings. The summed E-state index contributed by atoms with van der Waals surface area (Å²) in [6.45, 7) is 16.0. The van der Waals surface area contributed by atoms with Crippen molar-refractivity contribution in [2.45, 2.75) is 47.1 Å². The smallest absolute Gasteiger partial charge is 0.0715 e. The summed E-state index contributed by atoms with van der Waals surface area (Å²) in [6.07, 6.45) is 12.2. The van der Waals surface area contributed by atoms with E-state index in [9.17, 15) is 5.26 Å². The van der Waals surface area contributed by atoms with E-state index in [0.717, 1.165) is 49.2 Å². The van der Waals surface area contributed by atoms with Gasteiger partial charge in [0.05, 0.1) is 18.2 Å². The molecular weight excluding hydrogens is 404 g/mol. The molecule has 0 bridgehead atoms. The van der Waals surface area contributed by atoms with Crippen LogP contribution in [-0.2, 0) is 13.0 Å². The van der Waals surface area contributed by atoms with Crippen LogP contribution in [0.4, 0.5) is 0 Å². The van der Waals surface area contributed by atoms with Crippen molar-refractivity contribution < 1.29 is 0 Å². The van der Waals surface area contributed by atoms with Crippen LogP contribution in [-0.4, -0.2) is 24.2 Å². The van der Waals surface area contributed by atoms with Crippen molar-refractivity contribution in [3.8, 4) is 6.07 Å². The Labute approximate surface area is 199 Å². The van der Waals surface area contributed by atoms with Crippen molar-refractivity contribution >= 4 is 11.8 Å². The first-order valence-corrected chi connectivity index (χ1v) is 12.1. The molecule has 1 aromatic carbocycles. The zero-order valence-electron chi connectivity index (χ0n) is 20.6. The molecule has 2 aliphatic rings. The Morgan fingerprint density at radius 3 is 2.73 bits per heavy atom. The van der Waals surface area contributed by atoms with Gasteiger partial charge in [-0.1, -0.05) is 69.4 Å². The topological polar surface area (TPSA) is 65.4 Å². The van der Waals surface area contributed by atoms with Gasteiger partial charge in [-0.3, -0.25) is 4.90 Å². The van der Waals surface area contributed by atoms with Gasteiger partial charge in [-0.2, -0.15) is 10.4 Å². The Morgan fingerprint density at radius 2 is 2.12 bits per heavy atom. The van der Waals surface area contributed by atoms with Gasteiger partial charge in [-0.05, 0) is 59.9 Å². The molecule has 0 aromatic heterocycles. The number of hydrogen-bond acceptors (Lipinski definition) is 4. The minimum Gasteiger partial charge on any atom is -0.323 e. The molecule has 0 radical (unpaired) electrons. The van der Waals surface area contributed by atoms with Crippen molar-refractivity contribution in [3.63, 3.8) is 0 Å². The van der Waals surface area contributed by atoms with E-state index in [2.05, 4.69) is 92.8 Å². The Kier molecular flexibility index (Phi) is 8.47. The van der Waals surface area contributed by atoms with E-state index in [1.54, 1.807) is 6.21 Å². The Morgan fingerprint density at radius 1 is 1.36 bits per heavy atom. The number of hydrazone groups is 1. The fourth-order valence-electron chi connectivity index (χ4n) is 4.91. The van der Waals surface area contributed by atoms with Crippen LogP contribution in [0.5, 0.6) is 0 Å². The Bertz CT molecular complexity index is 1010. The molecule has 2 N–H and O–H groups in total. The molecule has 3 rings (SSSR count). The first kappa shape index (κ1) is 24.7. The lowest BCUT2D eigenvalue weighted by atomic mass is 9.81. The van der Waals surface area contributed by atoms with Crippen LogP contribution in [0.1, 0.15) is 50.8 Å². The summed E-state index contributed by atoms with van der Waals surface area (Å²) in [4.78, 5) is 2.48. The SMILES string of the molecule is C=C(C)C1CN(Cc2cccc(C(/C=N\N)=C/C3=CC(C#N)C(CC(C)C)C=C3)c2CC)C1. The van der Waals surface area contributed by atoms with Crippen LogP contribution in [0.15, 0.2) is 65.3 Å². The van der Waals surface area contributed by atoms with Crippen molar-refractivity contribution in [1.29, 1.82) is 5.26 Å². The largest absolute Gasteiger partial charge is 0.323 e. The number of nitriles is 1. The molecule has 2 atom stereocenters. The highest BCUT2D eigenvalue weighted by Crippen LogP contribution is 2.32. The normalized spacial score (nSPS) is 21.8. The standard InChI is InChI=1S/C29H38N4/c1-6-28-24(17-33-18-27(19-33)21(4)5)8-7-9-29(28)26(16-32-31)14-22-10-11-23(12-20(2)3)25(13-22)15-30/h7-11,13-14,16,20,23,25,27H,4,6,12,17-19,31H2,1-3,5H3/b26-14+,32-16-. The second-order valence-corrected chi connectivity index (χ2v) is 9.89. The number of nitrogens with zero attached hydrogens (tertiary/aromatic N) is 3. The van der Waals surface area contributed by atoms with Crippen LogP contribution in [0.3, 0.4) is 0 Å². The molecule has 33 heavy (non-hydrogen) atoms. The van der Waals surface area contributed by atoms with E-state index in [0.29, 0.717) is 11.8 Å². The first-order valence-electron chi connectivity index (χ1n) is 12.1. The summed E-state index contributed by atoms with van der Waals surface area (Å²) in [5.74, 6) is 6.96. The lowest BCUT2D eigenvalue weighted by molar-refractivity contribution is 0.115. The summed E-state index contributed by atoms with van der Waals surface area (Å²) in [5, 5.41) is 13.6. The minimum atomic E-state index is -0.107. The average Bonchev–Trinajstić information content (AvgIpc) is 2.75. The highest BCUT2D eigenvalue weighted by atomic mass is 15.2. The molecule has 2 unspecified atom stereocenters. The van der Waals surface area contributed by atoms with Gasteiger partial charge in [0.1, 0.15) is 0 Å². The Hall–Kier alpha value is -2.90. The molecule has 0 spiro atoms. The molecule has 0 saturated carbocycles. The molecule has 1 saturated heterocycles. The van der Waals surface area contributed by atoms with Crippen LogP contribution >= 0.6 is 0 Å². The van der Waals surface area contributed by atoms with E-state index >= 15 is 0 Å². The summed E-state index contributed by atoms with van der Waals surface area (Å²) in [7, 11) is 0. The lowest BCUT2D eigenvalue weighted by Gasteiger charge is -2.40. The average molecular weight is 443 g/mol. The predicted octanol–water partition coefficient (Wildman–Crippen LogP) is 5.88. The van der Waals surface area contributed by atoms with Crippen molar-refractivity contribution in [3.05, 3.63) is 76.9 Å². The monoisotopic (exact) mass is 442 g/mol. The van der Waals surface area contributed by atoms with Crippen molar-refractivity contribution in [1.82, 2.24) is 4.90 Å². The van der Waals surface area contributed by atoms with Gasteiger partial charge in [0.2, 0.25) is 0 Å². The first-order chi connectivity index (χ1) is 15.9. The van der Waals surface area contributed by atoms with Crippen LogP contribution in [0, 0.1) is 35.0 Å². The number of likely N-dealkylation sites (tertiary alicyclic amines) is 1. The summed E-state index contributed by atoms with van der Waals surface area (Å²) in [5.41, 5.74) is 7.14. The van der Waals surface area contributed by atoms with Gasteiger partial charge in [0, 0.05) is 31.1 Å². The van der Waals surface area contributed by atoms with Gasteiger partial charge in [-0.25, -0.2) is 0 Å². The van der Waals surface area contributed by atoms with Crippen molar-refractivity contribution in [2.75, 3.05) is 13.1 Å². The molecular formula is C29H38N4. The molecule has 4 nitrogen and oxygen atoms in total. The van der Waals surface area contributed by atoms with Gasteiger partial charge in [-0.15, -0.1) is 0 Å². The number of rotatable bonds is 9. The van der Waals surface area contributed by atoms with Crippen LogP contribution in [0.25, 0.3) is 5.57 Å². The molecule has 0 amide bonds. The highest BCUT2D eigenvalue weighted by molar-refractivity contribution is 6.11. The second kappa shape index (κ2) is 11.3. The number of allylic oxidation sites excluding steroid dienone is 6. The van der Waals surface area contributed by atoms with Crippen LogP contribution < -0.4 is 5.84 Å². The fourth-order valence-corrected chi connectivity index (χ4v) is 4.91. The number of nitrogens with two attached hydrogens (primary N) is 1. The molecule has 1 aliphatic carbocycles. The van der Waals surface area contributed by atoms with E-state index in [4.69, 9.17) is 5.84 Å². The Balaban J connectivity index is 1.88. The third-order valence-electron chi connectivity index (χ3n) is 6.78. The van der Waals surface area contributed by atoms with Gasteiger partial charge in [0.15, 0.2) is 0 Å². The third kappa shape index (κ3) is 6.12. The zero-order valence-corrected chi connectivity index (χ0v) is 20.6. The lowest BCUT2D eigenvalue weighted by Crippen LogP contribution is -2.46. The third-order valence-corrected chi connectivity index (χ3v) is 6.78. The van der Waals surface area contributed by atoms with E-state index < -0.39 is 0 Å².